The second kappa shape index (κ2) is 14.3. The number of hydrogen-bond donors (Lipinski definition) is 3. The van der Waals surface area contributed by atoms with Gasteiger partial charge in [0.2, 0.25) is 5.91 Å². The van der Waals surface area contributed by atoms with Crippen LogP contribution in [0.1, 0.15) is 28.1 Å². The predicted octanol–water partition coefficient (Wildman–Crippen LogP) is 8.96. The molecule has 1 unspecified atom stereocenters. The van der Waals surface area contributed by atoms with Crippen molar-refractivity contribution in [1.82, 2.24) is 0 Å². The van der Waals surface area contributed by atoms with E-state index in [4.69, 9.17) is 17.0 Å². The van der Waals surface area contributed by atoms with E-state index in [-0.39, 0.29) is 11.7 Å². The van der Waals surface area contributed by atoms with Crippen LogP contribution in [-0.2, 0) is 4.79 Å². The summed E-state index contributed by atoms with van der Waals surface area (Å²) in [6, 6.07) is 41.4. The van der Waals surface area contributed by atoms with Crippen molar-refractivity contribution in [3.05, 3.63) is 145 Å². The SMILES string of the molecule is CC(=O)c1ccc(NC(=S)Nc2cccc(SC(C(=O)Nc3ccc(Oc4ccccc4)cc3)c3ccccc3)c2)cc1. The highest BCUT2D eigenvalue weighted by Gasteiger charge is 2.22. The van der Waals surface area contributed by atoms with E-state index in [1.807, 2.05) is 121 Å². The summed E-state index contributed by atoms with van der Waals surface area (Å²) in [6.07, 6.45) is 0. The van der Waals surface area contributed by atoms with E-state index in [9.17, 15) is 9.59 Å². The molecule has 5 aromatic rings. The fourth-order valence-corrected chi connectivity index (χ4v) is 5.52. The molecular formula is C35H29N3O3S2. The first-order chi connectivity index (χ1) is 20.9. The van der Waals surface area contributed by atoms with E-state index in [0.29, 0.717) is 22.1 Å². The molecule has 0 radical (unpaired) electrons. The van der Waals surface area contributed by atoms with Gasteiger partial charge in [0.25, 0.3) is 0 Å². The van der Waals surface area contributed by atoms with Gasteiger partial charge in [-0.05, 0) is 104 Å². The second-order valence-electron chi connectivity index (χ2n) is 9.58. The summed E-state index contributed by atoms with van der Waals surface area (Å²) in [4.78, 5) is 26.0. The van der Waals surface area contributed by atoms with Crippen molar-refractivity contribution in [1.29, 1.82) is 0 Å². The first-order valence-electron chi connectivity index (χ1n) is 13.6. The number of amides is 1. The van der Waals surface area contributed by atoms with Crippen molar-refractivity contribution >= 4 is 57.8 Å². The quantitative estimate of drug-likeness (QED) is 0.0835. The Morgan fingerprint density at radius 1 is 0.651 bits per heavy atom. The molecule has 0 saturated carbocycles. The topological polar surface area (TPSA) is 79.5 Å². The summed E-state index contributed by atoms with van der Waals surface area (Å²) < 4.78 is 5.87. The van der Waals surface area contributed by atoms with Crippen molar-refractivity contribution in [2.75, 3.05) is 16.0 Å². The lowest BCUT2D eigenvalue weighted by Gasteiger charge is -2.18. The first kappa shape index (κ1) is 29.6. The highest BCUT2D eigenvalue weighted by molar-refractivity contribution is 8.00. The Morgan fingerprint density at radius 2 is 1.23 bits per heavy atom. The van der Waals surface area contributed by atoms with E-state index in [1.165, 1.54) is 18.7 Å². The number of benzene rings is 5. The van der Waals surface area contributed by atoms with Crippen LogP contribution in [0.2, 0.25) is 0 Å². The maximum Gasteiger partial charge on any atom is 0.242 e. The van der Waals surface area contributed by atoms with Crippen LogP contribution in [0.5, 0.6) is 11.5 Å². The van der Waals surface area contributed by atoms with Gasteiger partial charge < -0.3 is 20.7 Å². The van der Waals surface area contributed by atoms with Crippen molar-refractivity contribution in [2.45, 2.75) is 17.1 Å². The van der Waals surface area contributed by atoms with Gasteiger partial charge in [0, 0.05) is 27.5 Å². The average Bonchev–Trinajstić information content (AvgIpc) is 3.02. The lowest BCUT2D eigenvalue weighted by atomic mass is 10.1. The highest BCUT2D eigenvalue weighted by Crippen LogP contribution is 2.37. The van der Waals surface area contributed by atoms with E-state index in [0.717, 1.165) is 27.6 Å². The number of hydrogen-bond acceptors (Lipinski definition) is 5. The third-order valence-corrected chi connectivity index (χ3v) is 7.79. The number of nitrogens with one attached hydrogen (secondary N) is 3. The fourth-order valence-electron chi connectivity index (χ4n) is 4.20. The summed E-state index contributed by atoms with van der Waals surface area (Å²) in [5, 5.41) is 9.30. The van der Waals surface area contributed by atoms with Gasteiger partial charge in [-0.15, -0.1) is 11.8 Å². The highest BCUT2D eigenvalue weighted by atomic mass is 32.2. The van der Waals surface area contributed by atoms with Crippen LogP contribution in [0, 0.1) is 0 Å². The minimum absolute atomic E-state index is 0.00963. The second-order valence-corrected chi connectivity index (χ2v) is 11.2. The molecule has 0 heterocycles. The van der Waals surface area contributed by atoms with Gasteiger partial charge in [0.15, 0.2) is 10.9 Å². The van der Waals surface area contributed by atoms with Crippen molar-refractivity contribution in [3.8, 4) is 11.5 Å². The van der Waals surface area contributed by atoms with Crippen LogP contribution in [0.25, 0.3) is 0 Å². The molecule has 0 saturated heterocycles. The Morgan fingerprint density at radius 3 is 1.91 bits per heavy atom. The molecule has 43 heavy (non-hydrogen) atoms. The number of rotatable bonds is 10. The van der Waals surface area contributed by atoms with Gasteiger partial charge in [-0.25, -0.2) is 0 Å². The van der Waals surface area contributed by atoms with Crippen molar-refractivity contribution in [3.63, 3.8) is 0 Å². The van der Waals surface area contributed by atoms with Crippen molar-refractivity contribution < 1.29 is 14.3 Å². The Bertz CT molecular complexity index is 1690. The monoisotopic (exact) mass is 603 g/mol. The Labute approximate surface area is 260 Å². The van der Waals surface area contributed by atoms with Gasteiger partial charge in [-0.3, -0.25) is 9.59 Å². The summed E-state index contributed by atoms with van der Waals surface area (Å²) in [7, 11) is 0. The molecule has 1 amide bonds. The number of para-hydroxylation sites is 1. The van der Waals surface area contributed by atoms with Gasteiger partial charge in [-0.2, -0.15) is 0 Å². The Hall–Kier alpha value is -4.92. The Balaban J connectivity index is 1.25. The normalized spacial score (nSPS) is 11.2. The molecule has 8 heteroatoms. The molecule has 5 rings (SSSR count). The zero-order valence-electron chi connectivity index (χ0n) is 23.3. The number of thioether (sulfide) groups is 1. The van der Waals surface area contributed by atoms with Crippen LogP contribution < -0.4 is 20.7 Å². The number of ether oxygens (including phenoxy) is 1. The standard InChI is InChI=1S/C35H29N3O3S2/c1-24(39)25-15-17-28(18-16-25)37-35(42)38-29-11-8-14-32(23-29)43-33(26-9-4-2-5-10-26)34(40)36-27-19-21-31(22-20-27)41-30-12-6-3-7-13-30/h2-23,33H,1H3,(H,36,40)(H2,37,38,42). The first-order valence-corrected chi connectivity index (χ1v) is 14.9. The molecule has 0 spiro atoms. The zero-order valence-corrected chi connectivity index (χ0v) is 25.0. The predicted molar refractivity (Wildman–Crippen MR) is 179 cm³/mol. The molecule has 3 N–H and O–H groups in total. The summed E-state index contributed by atoms with van der Waals surface area (Å²) in [5.41, 5.74) is 3.76. The summed E-state index contributed by atoms with van der Waals surface area (Å²) in [6.45, 7) is 1.53. The third-order valence-electron chi connectivity index (χ3n) is 6.34. The minimum atomic E-state index is -0.499. The lowest BCUT2D eigenvalue weighted by molar-refractivity contribution is -0.115. The smallest absolute Gasteiger partial charge is 0.242 e. The molecule has 0 aliphatic heterocycles. The van der Waals surface area contributed by atoms with E-state index < -0.39 is 5.25 Å². The minimum Gasteiger partial charge on any atom is -0.457 e. The molecule has 1 atom stereocenters. The zero-order chi connectivity index (χ0) is 30.0. The fraction of sp³-hybridized carbons (Fsp3) is 0.0571. The lowest BCUT2D eigenvalue weighted by Crippen LogP contribution is -2.19. The van der Waals surface area contributed by atoms with E-state index in [2.05, 4.69) is 16.0 Å². The average molecular weight is 604 g/mol. The maximum atomic E-state index is 13.6. The summed E-state index contributed by atoms with van der Waals surface area (Å²) >= 11 is 6.95. The number of ketones is 1. The number of thiocarbonyl (C=S) groups is 1. The summed E-state index contributed by atoms with van der Waals surface area (Å²) in [5.74, 6) is 1.30. The molecule has 6 nitrogen and oxygen atoms in total. The van der Waals surface area contributed by atoms with Gasteiger partial charge in [0.05, 0.1) is 0 Å². The van der Waals surface area contributed by atoms with Crippen LogP contribution in [-0.4, -0.2) is 16.8 Å². The van der Waals surface area contributed by atoms with Crippen LogP contribution in [0.4, 0.5) is 17.1 Å². The molecule has 0 bridgehead atoms. The van der Waals surface area contributed by atoms with Crippen LogP contribution in [0.3, 0.4) is 0 Å². The molecule has 5 aromatic carbocycles. The van der Waals surface area contributed by atoms with Gasteiger partial charge in [0.1, 0.15) is 16.7 Å². The maximum absolute atomic E-state index is 13.6. The van der Waals surface area contributed by atoms with Gasteiger partial charge in [-0.1, -0.05) is 54.6 Å². The number of carbonyl (C=O) groups excluding carboxylic acids is 2. The Kier molecular flexibility index (Phi) is 9.84. The largest absolute Gasteiger partial charge is 0.457 e. The third kappa shape index (κ3) is 8.54. The number of Topliss-reactive ketones (excluding diaryl/α,β-unsaturated/α-hetero) is 1. The molecule has 0 aliphatic rings. The number of anilines is 3. The molecule has 0 fully saturated rings. The molecule has 0 aromatic heterocycles. The number of carbonyl (C=O) groups is 2. The molecule has 214 valence electrons. The van der Waals surface area contributed by atoms with Crippen LogP contribution in [0.15, 0.2) is 138 Å². The van der Waals surface area contributed by atoms with E-state index >= 15 is 0 Å². The van der Waals surface area contributed by atoms with Gasteiger partial charge >= 0.3 is 0 Å². The van der Waals surface area contributed by atoms with Crippen LogP contribution >= 0.6 is 24.0 Å². The molecule has 0 aliphatic carbocycles. The van der Waals surface area contributed by atoms with Crippen molar-refractivity contribution in [2.24, 2.45) is 0 Å². The molecular weight excluding hydrogens is 575 g/mol. The van der Waals surface area contributed by atoms with E-state index in [1.54, 1.807) is 12.1 Å².